The van der Waals surface area contributed by atoms with Crippen molar-refractivity contribution < 1.29 is 4.79 Å². The first-order valence-electron chi connectivity index (χ1n) is 5.88. The van der Waals surface area contributed by atoms with E-state index in [9.17, 15) is 14.4 Å². The van der Waals surface area contributed by atoms with Crippen LogP contribution in [0.2, 0.25) is 0 Å². The largest absolute Gasteiger partial charge is 0.352 e. The van der Waals surface area contributed by atoms with Gasteiger partial charge in [0.15, 0.2) is 0 Å². The van der Waals surface area contributed by atoms with E-state index in [0.29, 0.717) is 10.2 Å². The third kappa shape index (κ3) is 2.46. The molecule has 2 heterocycles. The Hall–Kier alpha value is -1.89. The Balaban J connectivity index is 2.54. The van der Waals surface area contributed by atoms with Crippen molar-refractivity contribution in [2.45, 2.75) is 26.4 Å². The van der Waals surface area contributed by atoms with E-state index in [2.05, 4.69) is 5.32 Å². The van der Waals surface area contributed by atoms with E-state index in [1.807, 2.05) is 13.8 Å². The zero-order valence-corrected chi connectivity index (χ0v) is 11.8. The molecule has 0 aliphatic heterocycles. The second kappa shape index (κ2) is 5.00. The molecular formula is C12H15N3O3S. The molecule has 2 aromatic heterocycles. The maximum absolute atomic E-state index is 12.1. The molecule has 102 valence electrons. The number of hydrogen-bond donors (Lipinski definition) is 1. The molecule has 2 rings (SSSR count). The summed E-state index contributed by atoms with van der Waals surface area (Å²) in [5, 5.41) is 4.47. The molecule has 1 amide bonds. The van der Waals surface area contributed by atoms with Gasteiger partial charge in [-0.3, -0.25) is 18.7 Å². The number of rotatable bonds is 3. The summed E-state index contributed by atoms with van der Waals surface area (Å²) in [4.78, 5) is 35.7. The molecule has 0 bridgehead atoms. The highest BCUT2D eigenvalue weighted by Crippen LogP contribution is 2.14. The Morgan fingerprint density at radius 1 is 1.42 bits per heavy atom. The van der Waals surface area contributed by atoms with E-state index in [0.717, 1.165) is 4.57 Å². The van der Waals surface area contributed by atoms with Crippen LogP contribution in [0.3, 0.4) is 0 Å². The van der Waals surface area contributed by atoms with Gasteiger partial charge in [-0.25, -0.2) is 4.79 Å². The van der Waals surface area contributed by atoms with Gasteiger partial charge in [-0.15, -0.1) is 11.3 Å². The molecule has 0 aliphatic rings. The number of nitrogens with zero attached hydrogens (tertiary/aromatic N) is 2. The van der Waals surface area contributed by atoms with E-state index in [1.54, 1.807) is 11.4 Å². The summed E-state index contributed by atoms with van der Waals surface area (Å²) in [5.74, 6) is -0.247. The molecule has 0 aromatic carbocycles. The van der Waals surface area contributed by atoms with Crippen LogP contribution in [-0.2, 0) is 18.4 Å². The molecule has 6 nitrogen and oxygen atoms in total. The monoisotopic (exact) mass is 281 g/mol. The van der Waals surface area contributed by atoms with Gasteiger partial charge in [-0.1, -0.05) is 0 Å². The van der Waals surface area contributed by atoms with E-state index < -0.39 is 5.69 Å². The van der Waals surface area contributed by atoms with Crippen LogP contribution >= 0.6 is 11.3 Å². The maximum Gasteiger partial charge on any atom is 0.331 e. The van der Waals surface area contributed by atoms with Crippen molar-refractivity contribution in [2.24, 2.45) is 7.05 Å². The third-order valence-corrected chi connectivity index (χ3v) is 3.59. The fraction of sp³-hybridized carbons (Fsp3) is 0.417. The number of amides is 1. The first-order chi connectivity index (χ1) is 8.91. The SMILES string of the molecule is CC(C)NC(=O)Cn1c(=O)n(C)c(=O)c2sccc21. The molecule has 0 radical (unpaired) electrons. The van der Waals surface area contributed by atoms with Crippen molar-refractivity contribution in [2.75, 3.05) is 0 Å². The van der Waals surface area contributed by atoms with Crippen molar-refractivity contribution >= 4 is 27.5 Å². The van der Waals surface area contributed by atoms with E-state index in [1.165, 1.54) is 23.0 Å². The normalized spacial score (nSPS) is 11.2. The summed E-state index contributed by atoms with van der Waals surface area (Å²) in [6, 6.07) is 1.69. The van der Waals surface area contributed by atoms with Gasteiger partial charge in [0.05, 0.1) is 5.52 Å². The number of hydrogen-bond acceptors (Lipinski definition) is 4. The highest BCUT2D eigenvalue weighted by Gasteiger charge is 2.14. The van der Waals surface area contributed by atoms with Gasteiger partial charge >= 0.3 is 5.69 Å². The van der Waals surface area contributed by atoms with Crippen molar-refractivity contribution in [1.29, 1.82) is 0 Å². The minimum absolute atomic E-state index is 0.00805. The first-order valence-corrected chi connectivity index (χ1v) is 6.76. The van der Waals surface area contributed by atoms with E-state index >= 15 is 0 Å². The van der Waals surface area contributed by atoms with Gasteiger partial charge in [-0.05, 0) is 25.3 Å². The lowest BCUT2D eigenvalue weighted by Crippen LogP contribution is -2.41. The zero-order valence-electron chi connectivity index (χ0n) is 11.0. The van der Waals surface area contributed by atoms with Crippen LogP contribution in [0.4, 0.5) is 0 Å². The van der Waals surface area contributed by atoms with Gasteiger partial charge in [0.2, 0.25) is 5.91 Å². The van der Waals surface area contributed by atoms with Crippen molar-refractivity contribution in [1.82, 2.24) is 14.5 Å². The summed E-state index contributed by atoms with van der Waals surface area (Å²) < 4.78 is 2.84. The highest BCUT2D eigenvalue weighted by atomic mass is 32.1. The Labute approximate surface area is 113 Å². The van der Waals surface area contributed by atoms with Crippen LogP contribution < -0.4 is 16.6 Å². The molecule has 0 unspecified atom stereocenters. The average Bonchev–Trinajstić information content (AvgIpc) is 2.80. The maximum atomic E-state index is 12.1. The molecule has 0 saturated carbocycles. The van der Waals surface area contributed by atoms with Crippen molar-refractivity contribution in [3.63, 3.8) is 0 Å². The van der Waals surface area contributed by atoms with Crippen LogP contribution in [0.5, 0.6) is 0 Å². The van der Waals surface area contributed by atoms with E-state index in [-0.39, 0.29) is 24.1 Å². The van der Waals surface area contributed by atoms with Crippen LogP contribution in [-0.4, -0.2) is 21.1 Å². The molecule has 0 atom stereocenters. The second-order valence-electron chi connectivity index (χ2n) is 4.59. The predicted octanol–water partition coefficient (Wildman–Crippen LogP) is 0.286. The summed E-state index contributed by atoms with van der Waals surface area (Å²) in [6.07, 6.45) is 0. The average molecular weight is 281 g/mol. The number of nitrogens with one attached hydrogen (secondary N) is 1. The third-order valence-electron chi connectivity index (χ3n) is 2.70. The van der Waals surface area contributed by atoms with Gasteiger partial charge in [0, 0.05) is 13.1 Å². The van der Waals surface area contributed by atoms with E-state index in [4.69, 9.17) is 0 Å². The minimum Gasteiger partial charge on any atom is -0.352 e. The standard InChI is InChI=1S/C12H15N3O3S/c1-7(2)13-9(16)6-15-8-4-5-19-10(8)11(17)14(3)12(15)18/h4-5,7H,6H2,1-3H3,(H,13,16). The van der Waals surface area contributed by atoms with Crippen LogP contribution in [0.1, 0.15) is 13.8 Å². The van der Waals surface area contributed by atoms with Gasteiger partial charge < -0.3 is 5.32 Å². The van der Waals surface area contributed by atoms with Crippen LogP contribution in [0.25, 0.3) is 10.2 Å². The molecule has 19 heavy (non-hydrogen) atoms. The summed E-state index contributed by atoms with van der Waals surface area (Å²) in [5.41, 5.74) is -0.290. The molecule has 0 aliphatic carbocycles. The number of fused-ring (bicyclic) bond motifs is 1. The predicted molar refractivity (Wildman–Crippen MR) is 74.6 cm³/mol. The molecule has 7 heteroatoms. The second-order valence-corrected chi connectivity index (χ2v) is 5.51. The van der Waals surface area contributed by atoms with Crippen molar-refractivity contribution in [3.8, 4) is 0 Å². The summed E-state index contributed by atoms with van der Waals surface area (Å²) in [7, 11) is 1.42. The van der Waals surface area contributed by atoms with Crippen molar-refractivity contribution in [3.05, 3.63) is 32.3 Å². The summed E-state index contributed by atoms with van der Waals surface area (Å²) >= 11 is 1.27. The quantitative estimate of drug-likeness (QED) is 0.878. The Morgan fingerprint density at radius 2 is 2.11 bits per heavy atom. The first kappa shape index (κ1) is 13.5. The lowest BCUT2D eigenvalue weighted by atomic mass is 10.3. The molecule has 0 saturated heterocycles. The fourth-order valence-corrected chi connectivity index (χ4v) is 2.73. The lowest BCUT2D eigenvalue weighted by molar-refractivity contribution is -0.122. The zero-order chi connectivity index (χ0) is 14.2. The number of carbonyl (C=O) groups is 1. The van der Waals surface area contributed by atoms with Gasteiger partial charge in [-0.2, -0.15) is 0 Å². The molecule has 2 aromatic rings. The molecule has 0 fully saturated rings. The fourth-order valence-electron chi connectivity index (χ4n) is 1.86. The Morgan fingerprint density at radius 3 is 2.74 bits per heavy atom. The topological polar surface area (TPSA) is 73.1 Å². The molecule has 1 N–H and O–H groups in total. The Kier molecular flexibility index (Phi) is 3.57. The number of carbonyl (C=O) groups excluding carboxylic acids is 1. The summed E-state index contributed by atoms with van der Waals surface area (Å²) in [6.45, 7) is 3.61. The number of thiophene rings is 1. The van der Waals surface area contributed by atoms with Crippen LogP contribution in [0.15, 0.2) is 21.0 Å². The Bertz CT molecular complexity index is 739. The highest BCUT2D eigenvalue weighted by molar-refractivity contribution is 7.17. The van der Waals surface area contributed by atoms with Crippen LogP contribution in [0, 0.1) is 0 Å². The smallest absolute Gasteiger partial charge is 0.331 e. The minimum atomic E-state index is -0.477. The molecule has 0 spiro atoms. The van der Waals surface area contributed by atoms with Gasteiger partial charge in [0.1, 0.15) is 11.2 Å². The van der Waals surface area contributed by atoms with Gasteiger partial charge in [0.25, 0.3) is 5.56 Å². The molecular weight excluding hydrogens is 266 g/mol. The number of aromatic nitrogens is 2. The lowest BCUT2D eigenvalue weighted by Gasteiger charge is -2.11.